The van der Waals surface area contributed by atoms with Crippen LogP contribution in [-0.2, 0) is 11.3 Å². The maximum Gasteiger partial charge on any atom is 0.407 e. The van der Waals surface area contributed by atoms with E-state index < -0.39 is 11.7 Å². The first-order valence-corrected chi connectivity index (χ1v) is 8.47. The molecule has 8 nitrogen and oxygen atoms in total. The minimum Gasteiger partial charge on any atom is -0.444 e. The molecule has 1 rings (SSSR count). The number of aliphatic imine (C=N–C) groups is 1. The van der Waals surface area contributed by atoms with Gasteiger partial charge in [-0.25, -0.2) is 4.79 Å². The predicted molar refractivity (Wildman–Crippen MR) is 118 cm³/mol. The van der Waals surface area contributed by atoms with Gasteiger partial charge in [0, 0.05) is 39.3 Å². The number of hydrogen-bond acceptors (Lipinski definition) is 4. The molecule has 0 saturated carbocycles. The van der Waals surface area contributed by atoms with E-state index in [4.69, 9.17) is 4.74 Å². The van der Waals surface area contributed by atoms with E-state index in [0.29, 0.717) is 31.2 Å². The van der Waals surface area contributed by atoms with Crippen LogP contribution in [0.4, 0.5) is 4.79 Å². The van der Waals surface area contributed by atoms with Crippen LogP contribution < -0.4 is 21.3 Å². The molecule has 0 unspecified atom stereocenters. The molecule has 0 fully saturated rings. The Kier molecular flexibility index (Phi) is 11.4. The van der Waals surface area contributed by atoms with Crippen molar-refractivity contribution in [2.24, 2.45) is 4.99 Å². The van der Waals surface area contributed by atoms with E-state index >= 15 is 0 Å². The predicted octanol–water partition coefficient (Wildman–Crippen LogP) is 1.85. The van der Waals surface area contributed by atoms with E-state index in [1.165, 1.54) is 0 Å². The number of hydrogen-bond donors (Lipinski definition) is 4. The average Bonchev–Trinajstić information content (AvgIpc) is 2.59. The van der Waals surface area contributed by atoms with E-state index in [9.17, 15) is 9.59 Å². The molecular formula is C18H30IN5O3. The van der Waals surface area contributed by atoms with Crippen molar-refractivity contribution in [2.45, 2.75) is 32.9 Å². The lowest BCUT2D eigenvalue weighted by Crippen LogP contribution is -2.42. The van der Waals surface area contributed by atoms with Gasteiger partial charge in [-0.15, -0.1) is 24.0 Å². The summed E-state index contributed by atoms with van der Waals surface area (Å²) in [6.45, 7) is 6.94. The fourth-order valence-electron chi connectivity index (χ4n) is 1.98. The van der Waals surface area contributed by atoms with Gasteiger partial charge in [-0.1, -0.05) is 12.1 Å². The van der Waals surface area contributed by atoms with Crippen LogP contribution in [-0.4, -0.2) is 50.7 Å². The van der Waals surface area contributed by atoms with Crippen LogP contribution in [0.3, 0.4) is 0 Å². The van der Waals surface area contributed by atoms with Crippen molar-refractivity contribution in [3.05, 3.63) is 35.4 Å². The van der Waals surface area contributed by atoms with Gasteiger partial charge >= 0.3 is 6.09 Å². The largest absolute Gasteiger partial charge is 0.444 e. The molecule has 0 aliphatic rings. The number of rotatable bonds is 6. The molecule has 9 heteroatoms. The molecule has 0 spiro atoms. The number of nitrogens with zero attached hydrogens (tertiary/aromatic N) is 1. The molecule has 0 atom stereocenters. The number of nitrogens with one attached hydrogen (secondary N) is 4. The highest BCUT2D eigenvalue weighted by Crippen LogP contribution is 2.06. The quantitative estimate of drug-likeness (QED) is 0.211. The molecular weight excluding hydrogens is 461 g/mol. The monoisotopic (exact) mass is 491 g/mol. The number of halogens is 1. The minimum atomic E-state index is -0.511. The zero-order valence-corrected chi connectivity index (χ0v) is 18.8. The topological polar surface area (TPSA) is 104 Å². The van der Waals surface area contributed by atoms with E-state index in [0.717, 1.165) is 5.56 Å². The van der Waals surface area contributed by atoms with Gasteiger partial charge in [-0.3, -0.25) is 9.79 Å². The molecule has 0 aromatic heterocycles. The number of benzene rings is 1. The molecule has 0 saturated heterocycles. The average molecular weight is 491 g/mol. The molecule has 0 aliphatic heterocycles. The third-order valence-electron chi connectivity index (χ3n) is 3.21. The third kappa shape index (κ3) is 10.6. The highest BCUT2D eigenvalue weighted by molar-refractivity contribution is 14.0. The van der Waals surface area contributed by atoms with Crippen LogP contribution in [0.1, 0.15) is 36.7 Å². The van der Waals surface area contributed by atoms with Gasteiger partial charge in [0.2, 0.25) is 0 Å². The number of amides is 2. The van der Waals surface area contributed by atoms with Crippen molar-refractivity contribution in [3.8, 4) is 0 Å². The third-order valence-corrected chi connectivity index (χ3v) is 3.21. The second kappa shape index (κ2) is 12.4. The molecule has 0 radical (unpaired) electrons. The van der Waals surface area contributed by atoms with Crippen molar-refractivity contribution < 1.29 is 14.3 Å². The fraction of sp³-hybridized carbons (Fsp3) is 0.500. The molecule has 0 heterocycles. The van der Waals surface area contributed by atoms with Gasteiger partial charge in [-0.05, 0) is 38.5 Å². The lowest BCUT2D eigenvalue weighted by Gasteiger charge is -2.20. The van der Waals surface area contributed by atoms with Gasteiger partial charge in [0.05, 0.1) is 0 Å². The lowest BCUT2D eigenvalue weighted by atomic mass is 10.1. The summed E-state index contributed by atoms with van der Waals surface area (Å²) in [6.07, 6.45) is -0.446. The normalized spacial score (nSPS) is 11.1. The Labute approximate surface area is 177 Å². The zero-order chi connectivity index (χ0) is 19.6. The molecule has 4 N–H and O–H groups in total. The molecule has 0 bridgehead atoms. The summed E-state index contributed by atoms with van der Waals surface area (Å²) in [5.41, 5.74) is 1.13. The summed E-state index contributed by atoms with van der Waals surface area (Å²) in [5, 5.41) is 11.5. The van der Waals surface area contributed by atoms with Gasteiger partial charge in [-0.2, -0.15) is 0 Å². The van der Waals surface area contributed by atoms with Crippen molar-refractivity contribution in [1.82, 2.24) is 21.3 Å². The van der Waals surface area contributed by atoms with Crippen LogP contribution in [0, 0.1) is 0 Å². The maximum atomic E-state index is 11.5. The highest BCUT2D eigenvalue weighted by Gasteiger charge is 2.15. The van der Waals surface area contributed by atoms with Gasteiger partial charge in [0.25, 0.3) is 5.91 Å². The zero-order valence-electron chi connectivity index (χ0n) is 16.5. The van der Waals surface area contributed by atoms with Crippen LogP contribution in [0.25, 0.3) is 0 Å². The van der Waals surface area contributed by atoms with Crippen LogP contribution in [0.2, 0.25) is 0 Å². The van der Waals surface area contributed by atoms with Crippen molar-refractivity contribution >= 4 is 41.9 Å². The van der Waals surface area contributed by atoms with Crippen LogP contribution >= 0.6 is 24.0 Å². The molecule has 2 amide bonds. The van der Waals surface area contributed by atoms with Gasteiger partial charge in [0.15, 0.2) is 5.96 Å². The Morgan fingerprint density at radius 3 is 2.15 bits per heavy atom. The summed E-state index contributed by atoms with van der Waals surface area (Å²) in [5.74, 6) is 0.505. The lowest BCUT2D eigenvalue weighted by molar-refractivity contribution is 0.0528. The fourth-order valence-corrected chi connectivity index (χ4v) is 1.98. The Bertz CT molecular complexity index is 627. The SMILES string of the molecule is CN=C(NCCNC(=O)OC(C)(C)C)NCc1ccc(C(=O)NC)cc1.I. The second-order valence-corrected chi connectivity index (χ2v) is 6.56. The Hall–Kier alpha value is -2.04. The first kappa shape index (κ1) is 25.0. The highest BCUT2D eigenvalue weighted by atomic mass is 127. The Morgan fingerprint density at radius 1 is 1.04 bits per heavy atom. The van der Waals surface area contributed by atoms with E-state index in [2.05, 4.69) is 26.3 Å². The smallest absolute Gasteiger partial charge is 0.407 e. The minimum absolute atomic E-state index is 0. The van der Waals surface area contributed by atoms with Crippen LogP contribution in [0.5, 0.6) is 0 Å². The first-order valence-electron chi connectivity index (χ1n) is 8.47. The van der Waals surface area contributed by atoms with E-state index in [1.807, 2.05) is 32.9 Å². The summed E-state index contributed by atoms with van der Waals surface area (Å²) in [6, 6.07) is 7.32. The number of ether oxygens (including phenoxy) is 1. The van der Waals surface area contributed by atoms with Gasteiger partial charge in [0.1, 0.15) is 5.60 Å². The van der Waals surface area contributed by atoms with E-state index in [1.54, 1.807) is 26.2 Å². The first-order chi connectivity index (χ1) is 12.2. The number of carbonyl (C=O) groups is 2. The summed E-state index contributed by atoms with van der Waals surface area (Å²) in [7, 11) is 3.27. The number of guanidine groups is 1. The number of alkyl carbamates (subject to hydrolysis) is 1. The summed E-state index contributed by atoms with van der Waals surface area (Å²) in [4.78, 5) is 27.2. The van der Waals surface area contributed by atoms with Crippen molar-refractivity contribution in [3.63, 3.8) is 0 Å². The molecule has 27 heavy (non-hydrogen) atoms. The maximum absolute atomic E-state index is 11.5. The van der Waals surface area contributed by atoms with Crippen molar-refractivity contribution in [2.75, 3.05) is 27.2 Å². The Morgan fingerprint density at radius 2 is 1.63 bits per heavy atom. The Balaban J connectivity index is 0.00000676. The number of carbonyl (C=O) groups excluding carboxylic acids is 2. The molecule has 152 valence electrons. The van der Waals surface area contributed by atoms with Crippen molar-refractivity contribution in [1.29, 1.82) is 0 Å². The van der Waals surface area contributed by atoms with Crippen LogP contribution in [0.15, 0.2) is 29.3 Å². The van der Waals surface area contributed by atoms with Gasteiger partial charge < -0.3 is 26.0 Å². The second-order valence-electron chi connectivity index (χ2n) is 6.56. The standard InChI is InChI=1S/C18H29N5O3.HI/c1-18(2,3)26-17(25)22-11-10-21-16(20-5)23-12-13-6-8-14(9-7-13)15(24)19-4;/h6-9H,10-12H2,1-5H3,(H,19,24)(H,22,25)(H2,20,21,23);1H. The van der Waals surface area contributed by atoms with E-state index in [-0.39, 0.29) is 29.9 Å². The molecule has 1 aromatic carbocycles. The summed E-state index contributed by atoms with van der Waals surface area (Å²) < 4.78 is 5.16. The summed E-state index contributed by atoms with van der Waals surface area (Å²) >= 11 is 0. The molecule has 1 aromatic rings. The molecule has 0 aliphatic carbocycles.